The summed E-state index contributed by atoms with van der Waals surface area (Å²) >= 11 is 3.29. The molecule has 1 N–H and O–H groups in total. The van der Waals surface area contributed by atoms with Crippen LogP contribution in [0.15, 0.2) is 23.8 Å². The number of benzene rings is 1. The first-order valence-electron chi connectivity index (χ1n) is 9.08. The molecule has 5 nitrogen and oxygen atoms in total. The van der Waals surface area contributed by atoms with Gasteiger partial charge in [0, 0.05) is 30.5 Å². The zero-order valence-electron chi connectivity index (χ0n) is 15.9. The molecule has 1 saturated heterocycles. The van der Waals surface area contributed by atoms with Crippen molar-refractivity contribution in [1.82, 2.24) is 15.3 Å². The summed E-state index contributed by atoms with van der Waals surface area (Å²) < 4.78 is 7.36. The summed E-state index contributed by atoms with van der Waals surface area (Å²) in [6, 6.07) is 4.19. The Bertz CT molecular complexity index is 987. The molecule has 2 atom stereocenters. The van der Waals surface area contributed by atoms with Gasteiger partial charge in [0.1, 0.15) is 11.9 Å². The lowest BCUT2D eigenvalue weighted by atomic mass is 9.98. The van der Waals surface area contributed by atoms with Gasteiger partial charge in [-0.1, -0.05) is 20.8 Å². The van der Waals surface area contributed by atoms with Crippen molar-refractivity contribution in [2.75, 3.05) is 6.54 Å². The Kier molecular flexibility index (Phi) is 4.68. The fourth-order valence-corrected chi connectivity index (χ4v) is 4.87. The molecule has 3 heterocycles. The van der Waals surface area contributed by atoms with E-state index in [9.17, 15) is 4.79 Å². The molecule has 1 aromatic carbocycles. The Hall–Kier alpha value is -1.99. The van der Waals surface area contributed by atoms with Gasteiger partial charge in [-0.2, -0.15) is 0 Å². The van der Waals surface area contributed by atoms with Crippen molar-refractivity contribution in [2.45, 2.75) is 45.6 Å². The second-order valence-electron chi connectivity index (χ2n) is 8.05. The SMILES string of the molecule is C[C@H](Oc1cc(-c2cnc(C(C)(C)C)s2)cc2ncsc12)C1CNC(=O)C1. The van der Waals surface area contributed by atoms with Crippen molar-refractivity contribution >= 4 is 38.8 Å². The number of carbonyl (C=O) groups excluding carboxylic acids is 1. The number of hydrogen-bond acceptors (Lipinski definition) is 6. The highest BCUT2D eigenvalue weighted by molar-refractivity contribution is 7.17. The lowest BCUT2D eigenvalue weighted by Crippen LogP contribution is -2.25. The largest absolute Gasteiger partial charge is 0.489 e. The molecule has 0 aliphatic carbocycles. The first kappa shape index (κ1) is 18.4. The molecule has 4 rings (SSSR count). The molecule has 27 heavy (non-hydrogen) atoms. The van der Waals surface area contributed by atoms with Gasteiger partial charge in [-0.3, -0.25) is 4.79 Å². The maximum Gasteiger partial charge on any atom is 0.220 e. The minimum atomic E-state index is -0.0453. The topological polar surface area (TPSA) is 64.1 Å². The third-order valence-corrected chi connectivity index (χ3v) is 7.14. The van der Waals surface area contributed by atoms with Gasteiger partial charge in [0.2, 0.25) is 5.91 Å². The summed E-state index contributed by atoms with van der Waals surface area (Å²) in [5.74, 6) is 1.13. The minimum absolute atomic E-state index is 0.0313. The maximum absolute atomic E-state index is 11.5. The molecule has 7 heteroatoms. The highest BCUT2D eigenvalue weighted by Gasteiger charge is 2.28. The van der Waals surface area contributed by atoms with E-state index in [0.29, 0.717) is 13.0 Å². The second kappa shape index (κ2) is 6.87. The van der Waals surface area contributed by atoms with E-state index in [1.54, 1.807) is 22.7 Å². The van der Waals surface area contributed by atoms with Crippen molar-refractivity contribution < 1.29 is 9.53 Å². The fourth-order valence-electron chi connectivity index (χ4n) is 3.18. The number of aromatic nitrogens is 2. The lowest BCUT2D eigenvalue weighted by molar-refractivity contribution is -0.119. The van der Waals surface area contributed by atoms with Gasteiger partial charge >= 0.3 is 0 Å². The molecule has 1 aliphatic rings. The molecule has 1 amide bonds. The second-order valence-corrected chi connectivity index (χ2v) is 9.93. The van der Waals surface area contributed by atoms with E-state index in [4.69, 9.17) is 4.74 Å². The van der Waals surface area contributed by atoms with E-state index < -0.39 is 0 Å². The molecule has 1 unspecified atom stereocenters. The van der Waals surface area contributed by atoms with Crippen LogP contribution >= 0.6 is 22.7 Å². The Balaban J connectivity index is 1.67. The van der Waals surface area contributed by atoms with Crippen LogP contribution in [0.1, 0.15) is 39.1 Å². The number of thiazole rings is 2. The molecular weight excluding hydrogens is 378 g/mol. The van der Waals surface area contributed by atoms with E-state index in [1.807, 2.05) is 18.6 Å². The van der Waals surface area contributed by atoms with Crippen LogP contribution < -0.4 is 10.1 Å². The highest BCUT2D eigenvalue weighted by Crippen LogP contribution is 2.39. The summed E-state index contributed by atoms with van der Waals surface area (Å²) in [7, 11) is 0. The zero-order valence-corrected chi connectivity index (χ0v) is 17.5. The van der Waals surface area contributed by atoms with Crippen LogP contribution in [0.2, 0.25) is 0 Å². The third-order valence-electron chi connectivity index (χ3n) is 4.82. The van der Waals surface area contributed by atoms with Crippen LogP contribution in [0.3, 0.4) is 0 Å². The van der Waals surface area contributed by atoms with Gasteiger partial charge in [0.25, 0.3) is 0 Å². The first-order valence-corrected chi connectivity index (χ1v) is 10.8. The number of carbonyl (C=O) groups is 1. The monoisotopic (exact) mass is 401 g/mol. The molecule has 0 saturated carbocycles. The van der Waals surface area contributed by atoms with Gasteiger partial charge in [-0.05, 0) is 24.6 Å². The predicted molar refractivity (Wildman–Crippen MR) is 111 cm³/mol. The zero-order chi connectivity index (χ0) is 19.2. The number of nitrogens with one attached hydrogen (secondary N) is 1. The Morgan fingerprint density at radius 1 is 1.30 bits per heavy atom. The number of hydrogen-bond donors (Lipinski definition) is 1. The number of nitrogens with zero attached hydrogens (tertiary/aromatic N) is 2. The summed E-state index contributed by atoms with van der Waals surface area (Å²) in [5.41, 5.74) is 3.89. The Morgan fingerprint density at radius 2 is 2.11 bits per heavy atom. The smallest absolute Gasteiger partial charge is 0.220 e. The van der Waals surface area contributed by atoms with Gasteiger partial charge < -0.3 is 10.1 Å². The molecule has 0 bridgehead atoms. The van der Waals surface area contributed by atoms with Gasteiger partial charge in [0.15, 0.2) is 0 Å². The minimum Gasteiger partial charge on any atom is -0.489 e. The number of ether oxygens (including phenoxy) is 1. The first-order chi connectivity index (χ1) is 12.8. The third kappa shape index (κ3) is 3.71. The van der Waals surface area contributed by atoms with Crippen LogP contribution in [-0.2, 0) is 10.2 Å². The van der Waals surface area contributed by atoms with Crippen LogP contribution in [0.4, 0.5) is 0 Å². The summed E-state index contributed by atoms with van der Waals surface area (Å²) in [5, 5.41) is 4.00. The van der Waals surface area contributed by atoms with Crippen molar-refractivity contribution in [3.8, 4) is 16.2 Å². The van der Waals surface area contributed by atoms with Gasteiger partial charge in [-0.25, -0.2) is 9.97 Å². The van der Waals surface area contributed by atoms with Crippen LogP contribution in [0, 0.1) is 5.92 Å². The predicted octanol–water partition coefficient (Wildman–Crippen LogP) is 4.62. The average Bonchev–Trinajstić information content (AvgIpc) is 3.33. The van der Waals surface area contributed by atoms with E-state index in [2.05, 4.69) is 48.2 Å². The molecule has 2 aromatic heterocycles. The average molecular weight is 402 g/mol. The molecule has 0 spiro atoms. The van der Waals surface area contributed by atoms with Crippen LogP contribution in [-0.4, -0.2) is 28.5 Å². The Morgan fingerprint density at radius 3 is 2.78 bits per heavy atom. The summed E-state index contributed by atoms with van der Waals surface area (Å²) in [6.45, 7) is 9.23. The highest BCUT2D eigenvalue weighted by atomic mass is 32.1. The van der Waals surface area contributed by atoms with Crippen molar-refractivity contribution in [1.29, 1.82) is 0 Å². The molecule has 0 radical (unpaired) electrons. The lowest BCUT2D eigenvalue weighted by Gasteiger charge is -2.20. The standard InChI is InChI=1S/C20H23N3O2S2/c1-11(13-7-17(24)21-8-13)25-15-6-12(5-14-18(15)26-10-23-14)16-9-22-19(27-16)20(2,3)4/h5-6,9-11,13H,7-8H2,1-4H3,(H,21,24)/t11-,13?/m0/s1. The molecule has 1 aliphatic heterocycles. The van der Waals surface area contributed by atoms with E-state index in [0.717, 1.165) is 31.4 Å². The van der Waals surface area contributed by atoms with E-state index >= 15 is 0 Å². The Labute approximate surface area is 166 Å². The molecule has 142 valence electrons. The summed E-state index contributed by atoms with van der Waals surface area (Å²) in [6.07, 6.45) is 2.42. The normalized spacial score (nSPS) is 18.7. The van der Waals surface area contributed by atoms with E-state index in [-0.39, 0.29) is 23.3 Å². The van der Waals surface area contributed by atoms with Gasteiger partial charge in [0.05, 0.1) is 25.6 Å². The number of fused-ring (bicyclic) bond motifs is 1. The van der Waals surface area contributed by atoms with Crippen molar-refractivity contribution in [3.05, 3.63) is 28.8 Å². The number of amides is 1. The van der Waals surface area contributed by atoms with Crippen LogP contribution in [0.5, 0.6) is 5.75 Å². The van der Waals surface area contributed by atoms with Gasteiger partial charge in [-0.15, -0.1) is 22.7 Å². The summed E-state index contributed by atoms with van der Waals surface area (Å²) in [4.78, 5) is 21.7. The van der Waals surface area contributed by atoms with E-state index in [1.165, 1.54) is 0 Å². The quantitative estimate of drug-likeness (QED) is 0.693. The van der Waals surface area contributed by atoms with Crippen LogP contribution in [0.25, 0.3) is 20.7 Å². The number of rotatable bonds is 4. The molecule has 3 aromatic rings. The molecule has 1 fully saturated rings. The van der Waals surface area contributed by atoms with Crippen molar-refractivity contribution in [2.24, 2.45) is 5.92 Å². The maximum atomic E-state index is 11.5. The fraction of sp³-hybridized carbons (Fsp3) is 0.450. The molecular formula is C20H23N3O2S2. The van der Waals surface area contributed by atoms with Crippen molar-refractivity contribution in [3.63, 3.8) is 0 Å².